The molecule has 1 aromatic carbocycles. The Morgan fingerprint density at radius 1 is 1.47 bits per heavy atom. The van der Waals surface area contributed by atoms with Crippen LogP contribution in [0.25, 0.3) is 0 Å². The Balaban J connectivity index is 2.03. The van der Waals surface area contributed by atoms with Crippen LogP contribution in [0.2, 0.25) is 0 Å². The van der Waals surface area contributed by atoms with Gasteiger partial charge in [-0.2, -0.15) is 0 Å². The van der Waals surface area contributed by atoms with Crippen molar-refractivity contribution in [1.29, 1.82) is 0 Å². The van der Waals surface area contributed by atoms with Gasteiger partial charge in [0.25, 0.3) is 5.91 Å². The molecule has 0 atom stereocenters. The number of carbonyl (C=O) groups is 1. The van der Waals surface area contributed by atoms with E-state index in [4.69, 9.17) is 0 Å². The molecular formula is C14H18BrFN2O. The number of amides is 1. The summed E-state index contributed by atoms with van der Waals surface area (Å²) >= 11 is 3.11. The van der Waals surface area contributed by atoms with E-state index < -0.39 is 5.82 Å². The highest BCUT2D eigenvalue weighted by Crippen LogP contribution is 2.23. The highest BCUT2D eigenvalue weighted by atomic mass is 79.9. The van der Waals surface area contributed by atoms with Crippen LogP contribution < -0.4 is 5.32 Å². The standard InChI is InChI=1S/C14H18BrFN2O/c1-17-9-10-5-7-18(8-6-10)14(19)11-3-2-4-12(15)13(11)16/h2-4,10,17H,5-9H2,1H3. The maximum Gasteiger partial charge on any atom is 0.256 e. The summed E-state index contributed by atoms with van der Waals surface area (Å²) < 4.78 is 14.2. The molecule has 0 aromatic heterocycles. The van der Waals surface area contributed by atoms with Crippen molar-refractivity contribution < 1.29 is 9.18 Å². The van der Waals surface area contributed by atoms with Crippen molar-refractivity contribution in [2.75, 3.05) is 26.7 Å². The fourth-order valence-electron chi connectivity index (χ4n) is 2.47. The van der Waals surface area contributed by atoms with Crippen LogP contribution in [0.15, 0.2) is 22.7 Å². The molecule has 2 rings (SSSR count). The van der Waals surface area contributed by atoms with Gasteiger partial charge >= 0.3 is 0 Å². The molecule has 19 heavy (non-hydrogen) atoms. The van der Waals surface area contributed by atoms with Crippen molar-refractivity contribution in [1.82, 2.24) is 10.2 Å². The monoisotopic (exact) mass is 328 g/mol. The molecule has 0 radical (unpaired) electrons. The van der Waals surface area contributed by atoms with Crippen LogP contribution in [-0.2, 0) is 0 Å². The van der Waals surface area contributed by atoms with Crippen LogP contribution in [0.1, 0.15) is 23.2 Å². The van der Waals surface area contributed by atoms with E-state index in [0.29, 0.717) is 23.5 Å². The quantitative estimate of drug-likeness (QED) is 0.925. The van der Waals surface area contributed by atoms with Crippen LogP contribution in [0.5, 0.6) is 0 Å². The molecule has 3 nitrogen and oxygen atoms in total. The minimum atomic E-state index is -0.468. The van der Waals surface area contributed by atoms with Gasteiger partial charge < -0.3 is 10.2 Å². The van der Waals surface area contributed by atoms with Gasteiger partial charge in [-0.05, 0) is 60.4 Å². The molecule has 1 heterocycles. The second-order valence-corrected chi connectivity index (χ2v) is 5.75. The van der Waals surface area contributed by atoms with Gasteiger partial charge in [-0.15, -0.1) is 0 Å². The Morgan fingerprint density at radius 2 is 2.16 bits per heavy atom. The average Bonchev–Trinajstić information content (AvgIpc) is 2.42. The molecule has 1 saturated heterocycles. The first kappa shape index (κ1) is 14.5. The maximum absolute atomic E-state index is 13.9. The van der Waals surface area contributed by atoms with Crippen molar-refractivity contribution >= 4 is 21.8 Å². The smallest absolute Gasteiger partial charge is 0.256 e. The predicted molar refractivity (Wildman–Crippen MR) is 76.7 cm³/mol. The van der Waals surface area contributed by atoms with E-state index >= 15 is 0 Å². The number of nitrogens with one attached hydrogen (secondary N) is 1. The number of piperidine rings is 1. The van der Waals surface area contributed by atoms with E-state index in [1.54, 1.807) is 23.1 Å². The average molecular weight is 329 g/mol. The third-order valence-corrected chi connectivity index (χ3v) is 4.19. The second-order valence-electron chi connectivity index (χ2n) is 4.89. The summed E-state index contributed by atoms with van der Waals surface area (Å²) in [4.78, 5) is 14.0. The summed E-state index contributed by atoms with van der Waals surface area (Å²) in [6.45, 7) is 2.39. The zero-order chi connectivity index (χ0) is 13.8. The summed E-state index contributed by atoms with van der Waals surface area (Å²) in [7, 11) is 1.94. The number of hydrogen-bond donors (Lipinski definition) is 1. The first-order valence-corrected chi connectivity index (χ1v) is 7.30. The minimum absolute atomic E-state index is 0.154. The molecule has 0 unspecified atom stereocenters. The van der Waals surface area contributed by atoms with Gasteiger partial charge in [0.1, 0.15) is 5.82 Å². The lowest BCUT2D eigenvalue weighted by molar-refractivity contribution is 0.0686. The van der Waals surface area contributed by atoms with Crippen molar-refractivity contribution in [3.63, 3.8) is 0 Å². The van der Waals surface area contributed by atoms with Crippen LogP contribution in [0.4, 0.5) is 4.39 Å². The molecular weight excluding hydrogens is 311 g/mol. The number of halogens is 2. The summed E-state index contributed by atoms with van der Waals surface area (Å²) in [5.41, 5.74) is 0.154. The number of likely N-dealkylation sites (tertiary alicyclic amines) is 1. The lowest BCUT2D eigenvalue weighted by Crippen LogP contribution is -2.40. The highest BCUT2D eigenvalue weighted by molar-refractivity contribution is 9.10. The number of benzene rings is 1. The Bertz CT molecular complexity index is 459. The molecule has 104 valence electrons. The Morgan fingerprint density at radius 3 is 2.79 bits per heavy atom. The molecule has 1 aliphatic rings. The number of hydrogen-bond acceptors (Lipinski definition) is 2. The fraction of sp³-hybridized carbons (Fsp3) is 0.500. The molecule has 1 fully saturated rings. The first-order valence-electron chi connectivity index (χ1n) is 6.51. The van der Waals surface area contributed by atoms with Gasteiger partial charge in [-0.1, -0.05) is 6.07 Å². The van der Waals surface area contributed by atoms with Gasteiger partial charge in [-0.25, -0.2) is 4.39 Å². The normalized spacial score (nSPS) is 16.7. The van der Waals surface area contributed by atoms with Crippen LogP contribution >= 0.6 is 15.9 Å². The lowest BCUT2D eigenvalue weighted by atomic mass is 9.96. The van der Waals surface area contributed by atoms with E-state index in [9.17, 15) is 9.18 Å². The number of carbonyl (C=O) groups excluding carboxylic acids is 1. The van der Waals surface area contributed by atoms with Gasteiger partial charge in [0, 0.05) is 13.1 Å². The zero-order valence-corrected chi connectivity index (χ0v) is 12.5. The summed E-state index contributed by atoms with van der Waals surface area (Å²) in [6.07, 6.45) is 1.95. The topological polar surface area (TPSA) is 32.3 Å². The third-order valence-electron chi connectivity index (χ3n) is 3.58. The third kappa shape index (κ3) is 3.34. The number of nitrogens with zero attached hydrogens (tertiary/aromatic N) is 1. The van der Waals surface area contributed by atoms with E-state index in [-0.39, 0.29) is 11.5 Å². The van der Waals surface area contributed by atoms with Crippen LogP contribution in [0.3, 0.4) is 0 Å². The first-order chi connectivity index (χ1) is 9.13. The van der Waals surface area contributed by atoms with E-state index in [0.717, 1.165) is 19.4 Å². The van der Waals surface area contributed by atoms with Crippen molar-refractivity contribution in [3.05, 3.63) is 34.1 Å². The van der Waals surface area contributed by atoms with Crippen molar-refractivity contribution in [2.45, 2.75) is 12.8 Å². The van der Waals surface area contributed by atoms with Crippen LogP contribution in [-0.4, -0.2) is 37.5 Å². The van der Waals surface area contributed by atoms with Gasteiger partial charge in [-0.3, -0.25) is 4.79 Å². The SMILES string of the molecule is CNCC1CCN(C(=O)c2cccc(Br)c2F)CC1. The Hall–Kier alpha value is -0.940. The van der Waals surface area contributed by atoms with Gasteiger partial charge in [0.2, 0.25) is 0 Å². The van der Waals surface area contributed by atoms with Gasteiger partial charge in [0.15, 0.2) is 0 Å². The summed E-state index contributed by atoms with van der Waals surface area (Å²) in [5, 5.41) is 3.16. The molecule has 0 bridgehead atoms. The minimum Gasteiger partial charge on any atom is -0.339 e. The number of rotatable bonds is 3. The van der Waals surface area contributed by atoms with Crippen LogP contribution in [0, 0.1) is 11.7 Å². The molecule has 1 N–H and O–H groups in total. The van der Waals surface area contributed by atoms with Crippen molar-refractivity contribution in [3.8, 4) is 0 Å². The molecule has 5 heteroatoms. The summed E-state index contributed by atoms with van der Waals surface area (Å²) in [6, 6.07) is 4.83. The molecule has 0 spiro atoms. The van der Waals surface area contributed by atoms with E-state index in [2.05, 4.69) is 21.2 Å². The lowest BCUT2D eigenvalue weighted by Gasteiger charge is -2.32. The highest BCUT2D eigenvalue weighted by Gasteiger charge is 2.25. The Kier molecular flexibility index (Phi) is 4.93. The molecule has 0 aliphatic carbocycles. The fourth-order valence-corrected chi connectivity index (χ4v) is 2.83. The predicted octanol–water partition coefficient (Wildman–Crippen LogP) is 2.66. The maximum atomic E-state index is 13.9. The summed E-state index contributed by atoms with van der Waals surface area (Å²) in [5.74, 6) is -0.0621. The van der Waals surface area contributed by atoms with Gasteiger partial charge in [0.05, 0.1) is 10.0 Å². The molecule has 0 saturated carbocycles. The molecule has 1 aliphatic heterocycles. The van der Waals surface area contributed by atoms with E-state index in [1.807, 2.05) is 7.05 Å². The Labute approximate surface area is 121 Å². The molecule has 1 aromatic rings. The van der Waals surface area contributed by atoms with E-state index in [1.165, 1.54) is 0 Å². The van der Waals surface area contributed by atoms with Crippen molar-refractivity contribution in [2.24, 2.45) is 5.92 Å². The largest absolute Gasteiger partial charge is 0.339 e. The zero-order valence-electron chi connectivity index (χ0n) is 11.0. The second kappa shape index (κ2) is 6.48. The molecule has 1 amide bonds.